The van der Waals surface area contributed by atoms with Crippen molar-refractivity contribution in [2.24, 2.45) is 5.41 Å². The standard InChI is InChI=1S/C22H22F3N5O2/c1-21(2)12-29(10-8-15-5-3-4-6-18(15)32-22(23,24)25)20-28-17(11-19(31)30(20)13-21)16-7-9-26-14-27-16/h3-7,9,11,14H,8,10,12-13H2,1-2H3. The summed E-state index contributed by atoms with van der Waals surface area (Å²) < 4.78 is 44.1. The third kappa shape index (κ3) is 4.90. The number of alkyl halides is 3. The molecule has 0 aliphatic carbocycles. The zero-order valence-electron chi connectivity index (χ0n) is 17.6. The number of nitrogens with zero attached hydrogens (tertiary/aromatic N) is 5. The van der Waals surface area contributed by atoms with Crippen LogP contribution in [-0.2, 0) is 13.0 Å². The lowest BCUT2D eigenvalue weighted by molar-refractivity contribution is -0.274. The largest absolute Gasteiger partial charge is 0.573 e. The number of hydrogen-bond donors (Lipinski definition) is 0. The lowest BCUT2D eigenvalue weighted by Gasteiger charge is -2.40. The van der Waals surface area contributed by atoms with Crippen LogP contribution in [0.1, 0.15) is 19.4 Å². The molecule has 0 spiro atoms. The summed E-state index contributed by atoms with van der Waals surface area (Å²) >= 11 is 0. The van der Waals surface area contributed by atoms with Gasteiger partial charge in [-0.05, 0) is 24.1 Å². The smallest absolute Gasteiger partial charge is 0.406 e. The molecule has 10 heteroatoms. The van der Waals surface area contributed by atoms with Crippen molar-refractivity contribution >= 4 is 5.95 Å². The second-order valence-corrected chi connectivity index (χ2v) is 8.45. The maximum atomic E-state index is 12.9. The zero-order chi connectivity index (χ0) is 22.9. The van der Waals surface area contributed by atoms with Crippen LogP contribution < -0.4 is 15.2 Å². The minimum Gasteiger partial charge on any atom is -0.406 e. The second kappa shape index (κ2) is 8.25. The topological polar surface area (TPSA) is 73.1 Å². The summed E-state index contributed by atoms with van der Waals surface area (Å²) in [6, 6.07) is 9.18. The second-order valence-electron chi connectivity index (χ2n) is 8.45. The summed E-state index contributed by atoms with van der Waals surface area (Å²) in [6.45, 7) is 5.52. The van der Waals surface area contributed by atoms with Crippen LogP contribution in [0.4, 0.5) is 19.1 Å². The molecule has 0 radical (unpaired) electrons. The van der Waals surface area contributed by atoms with Gasteiger partial charge < -0.3 is 9.64 Å². The number of para-hydroxylation sites is 1. The first-order valence-electron chi connectivity index (χ1n) is 10.1. The lowest BCUT2D eigenvalue weighted by atomic mass is 9.90. The molecular formula is C22H22F3N5O2. The van der Waals surface area contributed by atoms with Gasteiger partial charge in [0.2, 0.25) is 5.95 Å². The van der Waals surface area contributed by atoms with Gasteiger partial charge in [0.15, 0.2) is 0 Å². The van der Waals surface area contributed by atoms with Crippen LogP contribution in [0, 0.1) is 5.41 Å². The van der Waals surface area contributed by atoms with Gasteiger partial charge in [0.1, 0.15) is 12.1 Å². The summed E-state index contributed by atoms with van der Waals surface area (Å²) in [7, 11) is 0. The van der Waals surface area contributed by atoms with Crippen molar-refractivity contribution in [1.29, 1.82) is 0 Å². The van der Waals surface area contributed by atoms with Crippen LogP contribution in [0.3, 0.4) is 0 Å². The molecule has 0 saturated carbocycles. The molecule has 0 N–H and O–H groups in total. The van der Waals surface area contributed by atoms with Gasteiger partial charge in [-0.1, -0.05) is 32.0 Å². The number of halogens is 3. The van der Waals surface area contributed by atoms with Gasteiger partial charge in [-0.3, -0.25) is 9.36 Å². The molecule has 2 aromatic heterocycles. The third-order valence-electron chi connectivity index (χ3n) is 5.17. The predicted molar refractivity (Wildman–Crippen MR) is 112 cm³/mol. The Morgan fingerprint density at radius 2 is 1.91 bits per heavy atom. The van der Waals surface area contributed by atoms with Crippen molar-refractivity contribution in [1.82, 2.24) is 19.5 Å². The van der Waals surface area contributed by atoms with Gasteiger partial charge in [-0.25, -0.2) is 15.0 Å². The molecule has 0 atom stereocenters. The quantitative estimate of drug-likeness (QED) is 0.597. The van der Waals surface area contributed by atoms with Crippen molar-refractivity contribution < 1.29 is 17.9 Å². The number of benzene rings is 1. The molecule has 0 bridgehead atoms. The van der Waals surface area contributed by atoms with E-state index in [0.29, 0.717) is 42.5 Å². The van der Waals surface area contributed by atoms with Gasteiger partial charge in [-0.15, -0.1) is 13.2 Å². The fraction of sp³-hybridized carbons (Fsp3) is 0.364. The first-order valence-corrected chi connectivity index (χ1v) is 10.1. The van der Waals surface area contributed by atoms with E-state index in [4.69, 9.17) is 0 Å². The number of rotatable bonds is 5. The molecule has 3 heterocycles. The first-order chi connectivity index (χ1) is 15.1. The Bertz CT molecular complexity index is 1160. The molecule has 1 aromatic carbocycles. The molecule has 1 aliphatic heterocycles. The molecule has 0 fully saturated rings. The Morgan fingerprint density at radius 1 is 1.12 bits per heavy atom. The normalized spacial score (nSPS) is 15.3. The molecule has 3 aromatic rings. The van der Waals surface area contributed by atoms with Crippen LogP contribution >= 0.6 is 0 Å². The monoisotopic (exact) mass is 445 g/mol. The van der Waals surface area contributed by atoms with E-state index in [-0.39, 0.29) is 23.1 Å². The maximum Gasteiger partial charge on any atom is 0.573 e. The van der Waals surface area contributed by atoms with Crippen molar-refractivity contribution in [2.75, 3.05) is 18.0 Å². The summed E-state index contributed by atoms with van der Waals surface area (Å²) in [6.07, 6.45) is -1.53. The minimum atomic E-state index is -4.77. The van der Waals surface area contributed by atoms with Gasteiger partial charge in [0.25, 0.3) is 5.56 Å². The highest BCUT2D eigenvalue weighted by molar-refractivity contribution is 5.55. The van der Waals surface area contributed by atoms with E-state index in [1.807, 2.05) is 18.7 Å². The summed E-state index contributed by atoms with van der Waals surface area (Å²) in [5, 5.41) is 0. The number of ether oxygens (including phenoxy) is 1. The SMILES string of the molecule is CC1(C)CN(CCc2ccccc2OC(F)(F)F)c2nc(-c3ccncn3)cc(=O)n2C1. The molecule has 32 heavy (non-hydrogen) atoms. The van der Waals surface area contributed by atoms with E-state index in [9.17, 15) is 18.0 Å². The zero-order valence-corrected chi connectivity index (χ0v) is 17.6. The predicted octanol–water partition coefficient (Wildman–Crippen LogP) is 3.69. The van der Waals surface area contributed by atoms with Crippen molar-refractivity contribution in [2.45, 2.75) is 33.2 Å². The number of hydrogen-bond acceptors (Lipinski definition) is 6. The van der Waals surface area contributed by atoms with Gasteiger partial charge >= 0.3 is 6.36 Å². The Kier molecular flexibility index (Phi) is 5.62. The molecule has 1 aliphatic rings. The van der Waals surface area contributed by atoms with Crippen LogP contribution in [0.15, 0.2) is 53.7 Å². The molecule has 0 amide bonds. The Hall–Kier alpha value is -3.43. The number of fused-ring (bicyclic) bond motifs is 1. The van der Waals surface area contributed by atoms with Crippen molar-refractivity contribution in [3.63, 3.8) is 0 Å². The number of anilines is 1. The highest BCUT2D eigenvalue weighted by Crippen LogP contribution is 2.31. The van der Waals surface area contributed by atoms with Crippen LogP contribution in [0.2, 0.25) is 0 Å². The number of aromatic nitrogens is 4. The van der Waals surface area contributed by atoms with E-state index in [0.717, 1.165) is 0 Å². The lowest BCUT2D eigenvalue weighted by Crippen LogP contribution is -2.48. The summed E-state index contributed by atoms with van der Waals surface area (Å²) in [5.74, 6) is 0.246. The molecule has 7 nitrogen and oxygen atoms in total. The van der Waals surface area contributed by atoms with Crippen LogP contribution in [0.25, 0.3) is 11.4 Å². The Balaban J connectivity index is 1.66. The van der Waals surface area contributed by atoms with E-state index < -0.39 is 6.36 Å². The molecular weight excluding hydrogens is 423 g/mol. The van der Waals surface area contributed by atoms with E-state index >= 15 is 0 Å². The average molecular weight is 445 g/mol. The Morgan fingerprint density at radius 3 is 2.62 bits per heavy atom. The molecule has 0 saturated heterocycles. The maximum absolute atomic E-state index is 12.9. The first kappa shape index (κ1) is 21.8. The third-order valence-corrected chi connectivity index (χ3v) is 5.17. The fourth-order valence-electron chi connectivity index (χ4n) is 3.89. The van der Waals surface area contributed by atoms with Crippen LogP contribution in [-0.4, -0.2) is 39.0 Å². The molecule has 0 unspecified atom stereocenters. The highest BCUT2D eigenvalue weighted by Gasteiger charge is 2.34. The highest BCUT2D eigenvalue weighted by atomic mass is 19.4. The fourth-order valence-corrected chi connectivity index (χ4v) is 3.89. The van der Waals surface area contributed by atoms with Crippen molar-refractivity contribution in [3.8, 4) is 17.1 Å². The van der Waals surface area contributed by atoms with Gasteiger partial charge in [0.05, 0.1) is 11.4 Å². The van der Waals surface area contributed by atoms with E-state index in [1.165, 1.54) is 24.5 Å². The molecule has 4 rings (SSSR count). The van der Waals surface area contributed by atoms with Gasteiger partial charge in [0, 0.05) is 37.3 Å². The summed E-state index contributed by atoms with van der Waals surface area (Å²) in [5.41, 5.74) is 0.941. The minimum absolute atomic E-state index is 0.206. The average Bonchev–Trinajstić information content (AvgIpc) is 2.72. The molecule has 168 valence electrons. The van der Waals surface area contributed by atoms with Gasteiger partial charge in [-0.2, -0.15) is 0 Å². The van der Waals surface area contributed by atoms with E-state index in [1.54, 1.807) is 29.0 Å². The van der Waals surface area contributed by atoms with Crippen LogP contribution in [0.5, 0.6) is 5.75 Å². The van der Waals surface area contributed by atoms with E-state index in [2.05, 4.69) is 19.7 Å². The summed E-state index contributed by atoms with van der Waals surface area (Å²) in [4.78, 5) is 27.5. The van der Waals surface area contributed by atoms with Crippen molar-refractivity contribution in [3.05, 3.63) is 64.8 Å². The Labute approximate surface area is 182 Å².